The molecule has 0 radical (unpaired) electrons. The summed E-state index contributed by atoms with van der Waals surface area (Å²) in [5, 5.41) is 3.92. The number of nitrogens with two attached hydrogens (primary N) is 1. The average Bonchev–Trinajstić information content (AvgIpc) is 3.07. The Labute approximate surface area is 110 Å². The summed E-state index contributed by atoms with van der Waals surface area (Å²) in [7, 11) is 0. The first-order valence-corrected chi connectivity index (χ1v) is 6.01. The lowest BCUT2D eigenvalue weighted by Gasteiger charge is -1.99. The molecule has 0 spiro atoms. The Bertz CT molecular complexity index is 659. The standard InChI is InChI=1S/C14H13N3O2/c15-12-3-1-2-10(8-12)4-5-13-16-14(17-19-13)11-6-7-18-9-11/h1-3,6-9H,4-5,15H2. The number of hydrogen-bond donors (Lipinski definition) is 1. The van der Waals surface area contributed by atoms with Crippen molar-refractivity contribution in [2.24, 2.45) is 0 Å². The van der Waals surface area contributed by atoms with E-state index in [0.29, 0.717) is 18.1 Å². The maximum Gasteiger partial charge on any atom is 0.227 e. The second kappa shape index (κ2) is 4.97. The molecule has 2 aromatic heterocycles. The van der Waals surface area contributed by atoms with Crippen molar-refractivity contribution in [2.45, 2.75) is 12.8 Å². The Balaban J connectivity index is 1.68. The monoisotopic (exact) mass is 255 g/mol. The number of nitrogens with zero attached hydrogens (tertiary/aromatic N) is 2. The first-order chi connectivity index (χ1) is 9.31. The molecule has 0 aliphatic heterocycles. The number of furan rings is 1. The predicted octanol–water partition coefficient (Wildman–Crippen LogP) is 2.70. The lowest BCUT2D eigenvalue weighted by atomic mass is 10.1. The van der Waals surface area contributed by atoms with Crippen LogP contribution in [0.2, 0.25) is 0 Å². The van der Waals surface area contributed by atoms with Crippen LogP contribution in [0.3, 0.4) is 0 Å². The molecule has 2 heterocycles. The summed E-state index contributed by atoms with van der Waals surface area (Å²) in [6.45, 7) is 0. The third kappa shape index (κ3) is 2.65. The van der Waals surface area contributed by atoms with Gasteiger partial charge in [0.05, 0.1) is 11.8 Å². The molecule has 0 bridgehead atoms. The Morgan fingerprint density at radius 2 is 2.11 bits per heavy atom. The minimum Gasteiger partial charge on any atom is -0.472 e. The summed E-state index contributed by atoms with van der Waals surface area (Å²) in [6.07, 6.45) is 4.68. The molecule has 0 unspecified atom stereocenters. The Kier molecular flexibility index (Phi) is 3.02. The Morgan fingerprint density at radius 3 is 2.89 bits per heavy atom. The zero-order chi connectivity index (χ0) is 13.1. The van der Waals surface area contributed by atoms with Crippen LogP contribution in [0.25, 0.3) is 11.4 Å². The molecule has 0 amide bonds. The fraction of sp³-hybridized carbons (Fsp3) is 0.143. The second-order valence-electron chi connectivity index (χ2n) is 4.27. The molecule has 5 heteroatoms. The molecule has 96 valence electrons. The second-order valence-corrected chi connectivity index (χ2v) is 4.27. The van der Waals surface area contributed by atoms with E-state index in [9.17, 15) is 0 Å². The van der Waals surface area contributed by atoms with Gasteiger partial charge in [-0.05, 0) is 30.2 Å². The quantitative estimate of drug-likeness (QED) is 0.725. The maximum absolute atomic E-state index is 5.73. The van der Waals surface area contributed by atoms with E-state index in [2.05, 4.69) is 10.1 Å². The van der Waals surface area contributed by atoms with E-state index in [1.54, 1.807) is 18.6 Å². The van der Waals surface area contributed by atoms with Crippen LogP contribution in [0.4, 0.5) is 5.69 Å². The molecule has 0 saturated carbocycles. The molecular weight excluding hydrogens is 242 g/mol. The summed E-state index contributed by atoms with van der Waals surface area (Å²) in [5.41, 5.74) is 8.47. The molecule has 5 nitrogen and oxygen atoms in total. The normalized spacial score (nSPS) is 10.7. The van der Waals surface area contributed by atoms with E-state index >= 15 is 0 Å². The molecule has 0 fully saturated rings. The molecule has 2 N–H and O–H groups in total. The van der Waals surface area contributed by atoms with E-state index < -0.39 is 0 Å². The molecule has 0 saturated heterocycles. The van der Waals surface area contributed by atoms with Gasteiger partial charge < -0.3 is 14.7 Å². The molecule has 0 atom stereocenters. The van der Waals surface area contributed by atoms with Crippen molar-refractivity contribution >= 4 is 5.69 Å². The highest BCUT2D eigenvalue weighted by Gasteiger charge is 2.09. The number of aryl methyl sites for hydroxylation is 2. The van der Waals surface area contributed by atoms with Crippen molar-refractivity contribution in [1.29, 1.82) is 0 Å². The maximum atomic E-state index is 5.73. The van der Waals surface area contributed by atoms with Gasteiger partial charge in [0.2, 0.25) is 11.7 Å². The SMILES string of the molecule is Nc1cccc(CCc2nc(-c3ccoc3)no2)c1. The molecule has 0 aliphatic rings. The van der Waals surface area contributed by atoms with Crippen LogP contribution in [-0.4, -0.2) is 10.1 Å². The molecular formula is C14H13N3O2. The smallest absolute Gasteiger partial charge is 0.227 e. The highest BCUT2D eigenvalue weighted by atomic mass is 16.5. The zero-order valence-electron chi connectivity index (χ0n) is 10.2. The minimum absolute atomic E-state index is 0.552. The van der Waals surface area contributed by atoms with Crippen molar-refractivity contribution in [3.8, 4) is 11.4 Å². The van der Waals surface area contributed by atoms with Crippen LogP contribution >= 0.6 is 0 Å². The lowest BCUT2D eigenvalue weighted by Crippen LogP contribution is -1.93. The van der Waals surface area contributed by atoms with Crippen molar-refractivity contribution in [2.75, 3.05) is 5.73 Å². The summed E-state index contributed by atoms with van der Waals surface area (Å²) < 4.78 is 10.2. The first-order valence-electron chi connectivity index (χ1n) is 6.01. The van der Waals surface area contributed by atoms with Gasteiger partial charge in [-0.15, -0.1) is 0 Å². The number of rotatable bonds is 4. The van der Waals surface area contributed by atoms with Crippen LogP contribution in [0.5, 0.6) is 0 Å². The van der Waals surface area contributed by atoms with Crippen LogP contribution < -0.4 is 5.73 Å². The molecule has 3 aromatic rings. The van der Waals surface area contributed by atoms with Gasteiger partial charge in [0.15, 0.2) is 0 Å². The van der Waals surface area contributed by atoms with Gasteiger partial charge in [0.25, 0.3) is 0 Å². The van der Waals surface area contributed by atoms with Crippen molar-refractivity contribution in [3.05, 3.63) is 54.3 Å². The van der Waals surface area contributed by atoms with Crippen molar-refractivity contribution < 1.29 is 8.94 Å². The van der Waals surface area contributed by atoms with Gasteiger partial charge in [0, 0.05) is 12.1 Å². The highest BCUT2D eigenvalue weighted by molar-refractivity contribution is 5.51. The number of aromatic nitrogens is 2. The van der Waals surface area contributed by atoms with E-state index in [1.165, 1.54) is 0 Å². The molecule has 0 aliphatic carbocycles. The van der Waals surface area contributed by atoms with Gasteiger partial charge in [0.1, 0.15) is 6.26 Å². The van der Waals surface area contributed by atoms with Crippen molar-refractivity contribution in [1.82, 2.24) is 10.1 Å². The summed E-state index contributed by atoms with van der Waals surface area (Å²) in [5.74, 6) is 1.16. The van der Waals surface area contributed by atoms with Gasteiger partial charge in [-0.2, -0.15) is 4.98 Å². The van der Waals surface area contributed by atoms with E-state index in [4.69, 9.17) is 14.7 Å². The summed E-state index contributed by atoms with van der Waals surface area (Å²) in [6, 6.07) is 9.59. The lowest BCUT2D eigenvalue weighted by molar-refractivity contribution is 0.379. The molecule has 19 heavy (non-hydrogen) atoms. The van der Waals surface area contributed by atoms with Crippen LogP contribution in [-0.2, 0) is 12.8 Å². The third-order valence-corrected chi connectivity index (χ3v) is 2.83. The predicted molar refractivity (Wildman–Crippen MR) is 70.3 cm³/mol. The largest absolute Gasteiger partial charge is 0.472 e. The third-order valence-electron chi connectivity index (χ3n) is 2.83. The van der Waals surface area contributed by atoms with E-state index in [-0.39, 0.29) is 0 Å². The van der Waals surface area contributed by atoms with Gasteiger partial charge in [-0.1, -0.05) is 17.3 Å². The fourth-order valence-corrected chi connectivity index (χ4v) is 1.87. The Morgan fingerprint density at radius 1 is 1.16 bits per heavy atom. The van der Waals surface area contributed by atoms with E-state index in [1.807, 2.05) is 24.3 Å². The number of nitrogen functional groups attached to an aromatic ring is 1. The number of benzene rings is 1. The fourth-order valence-electron chi connectivity index (χ4n) is 1.87. The zero-order valence-corrected chi connectivity index (χ0v) is 10.2. The topological polar surface area (TPSA) is 78.1 Å². The average molecular weight is 255 g/mol. The number of anilines is 1. The van der Waals surface area contributed by atoms with E-state index in [0.717, 1.165) is 23.2 Å². The van der Waals surface area contributed by atoms with Gasteiger partial charge in [-0.3, -0.25) is 0 Å². The Hall–Kier alpha value is -2.56. The van der Waals surface area contributed by atoms with Crippen LogP contribution in [0, 0.1) is 0 Å². The molecule has 3 rings (SSSR count). The van der Waals surface area contributed by atoms with Gasteiger partial charge >= 0.3 is 0 Å². The first kappa shape index (κ1) is 11.5. The van der Waals surface area contributed by atoms with Crippen molar-refractivity contribution in [3.63, 3.8) is 0 Å². The summed E-state index contributed by atoms with van der Waals surface area (Å²) in [4.78, 5) is 4.32. The van der Waals surface area contributed by atoms with Crippen LogP contribution in [0.15, 0.2) is 51.8 Å². The molecule has 1 aromatic carbocycles. The highest BCUT2D eigenvalue weighted by Crippen LogP contribution is 2.17. The number of hydrogen-bond acceptors (Lipinski definition) is 5. The summed E-state index contributed by atoms with van der Waals surface area (Å²) >= 11 is 0. The van der Waals surface area contributed by atoms with Gasteiger partial charge in [-0.25, -0.2) is 0 Å². The minimum atomic E-state index is 0.552. The van der Waals surface area contributed by atoms with Crippen LogP contribution in [0.1, 0.15) is 11.5 Å².